The van der Waals surface area contributed by atoms with Gasteiger partial charge in [0.1, 0.15) is 5.82 Å². The minimum atomic E-state index is 0.831. The molecule has 0 amide bonds. The van der Waals surface area contributed by atoms with E-state index in [9.17, 15) is 0 Å². The Morgan fingerprint density at radius 1 is 1.29 bits per heavy atom. The van der Waals surface area contributed by atoms with E-state index in [-0.39, 0.29) is 0 Å². The van der Waals surface area contributed by atoms with Gasteiger partial charge in [0.2, 0.25) is 0 Å². The van der Waals surface area contributed by atoms with Crippen molar-refractivity contribution >= 4 is 34.0 Å². The van der Waals surface area contributed by atoms with Crippen LogP contribution in [0.2, 0.25) is 0 Å². The molecule has 2 N–H and O–H groups in total. The minimum absolute atomic E-state index is 0.831. The molecule has 0 spiro atoms. The van der Waals surface area contributed by atoms with Gasteiger partial charge in [-0.25, -0.2) is 4.98 Å². The van der Waals surface area contributed by atoms with Crippen molar-refractivity contribution in [1.82, 2.24) is 9.55 Å². The Balaban J connectivity index is 1.91. The van der Waals surface area contributed by atoms with Gasteiger partial charge in [-0.05, 0) is 40.8 Å². The fourth-order valence-electron chi connectivity index (χ4n) is 2.19. The molecular weight excluding hydrogens is 327 g/mol. The monoisotopic (exact) mass is 340 g/mol. The SMILES string of the molecule is Nc1cc(I)ccc1N1CCn2ccnc2C1. The third-order valence-corrected chi connectivity index (χ3v) is 3.75. The third kappa shape index (κ3) is 1.99. The van der Waals surface area contributed by atoms with Crippen LogP contribution in [0.1, 0.15) is 5.82 Å². The Hall–Kier alpha value is -1.24. The van der Waals surface area contributed by atoms with Gasteiger partial charge in [0, 0.05) is 29.1 Å². The van der Waals surface area contributed by atoms with E-state index < -0.39 is 0 Å². The van der Waals surface area contributed by atoms with E-state index in [0.29, 0.717) is 0 Å². The number of anilines is 2. The van der Waals surface area contributed by atoms with Gasteiger partial charge in [-0.2, -0.15) is 0 Å². The summed E-state index contributed by atoms with van der Waals surface area (Å²) in [5.41, 5.74) is 8.03. The van der Waals surface area contributed by atoms with Crippen LogP contribution in [0.4, 0.5) is 11.4 Å². The molecule has 1 aliphatic rings. The first kappa shape index (κ1) is 10.9. The summed E-state index contributed by atoms with van der Waals surface area (Å²) in [5.74, 6) is 1.11. The summed E-state index contributed by atoms with van der Waals surface area (Å²) in [6, 6.07) is 6.19. The predicted molar refractivity (Wildman–Crippen MR) is 76.8 cm³/mol. The average molecular weight is 340 g/mol. The van der Waals surface area contributed by atoms with Gasteiger partial charge in [0.05, 0.1) is 17.9 Å². The number of halogens is 1. The van der Waals surface area contributed by atoms with E-state index in [2.05, 4.69) is 49.2 Å². The van der Waals surface area contributed by atoms with Crippen LogP contribution in [0.25, 0.3) is 0 Å². The quantitative estimate of drug-likeness (QED) is 0.639. The number of imidazole rings is 1. The Morgan fingerprint density at radius 2 is 2.18 bits per heavy atom. The molecule has 0 bridgehead atoms. The predicted octanol–water partition coefficient (Wildman–Crippen LogP) is 2.09. The maximum atomic E-state index is 6.07. The molecule has 0 atom stereocenters. The zero-order valence-corrected chi connectivity index (χ0v) is 11.5. The molecule has 2 aromatic rings. The number of benzene rings is 1. The number of hydrogen-bond donors (Lipinski definition) is 1. The summed E-state index contributed by atoms with van der Waals surface area (Å²) in [4.78, 5) is 6.64. The van der Waals surface area contributed by atoms with Gasteiger partial charge in [-0.15, -0.1) is 0 Å². The molecule has 1 aromatic heterocycles. The van der Waals surface area contributed by atoms with Crippen molar-refractivity contribution in [2.75, 3.05) is 17.2 Å². The van der Waals surface area contributed by atoms with Crippen molar-refractivity contribution < 1.29 is 0 Å². The third-order valence-electron chi connectivity index (χ3n) is 3.08. The molecule has 0 saturated heterocycles. The zero-order chi connectivity index (χ0) is 11.8. The van der Waals surface area contributed by atoms with Crippen molar-refractivity contribution in [3.8, 4) is 0 Å². The number of fused-ring (bicyclic) bond motifs is 1. The molecule has 1 aliphatic heterocycles. The maximum absolute atomic E-state index is 6.07. The van der Waals surface area contributed by atoms with Crippen LogP contribution < -0.4 is 10.6 Å². The van der Waals surface area contributed by atoms with E-state index in [1.807, 2.05) is 18.5 Å². The molecule has 0 fully saturated rings. The topological polar surface area (TPSA) is 47.1 Å². The summed E-state index contributed by atoms with van der Waals surface area (Å²) < 4.78 is 3.36. The Kier molecular flexibility index (Phi) is 2.70. The van der Waals surface area contributed by atoms with Gasteiger partial charge in [-0.3, -0.25) is 0 Å². The van der Waals surface area contributed by atoms with Crippen molar-refractivity contribution in [2.45, 2.75) is 13.1 Å². The van der Waals surface area contributed by atoms with Gasteiger partial charge in [0.25, 0.3) is 0 Å². The first-order chi connectivity index (χ1) is 8.24. The number of nitrogen functional groups attached to an aromatic ring is 1. The molecule has 0 radical (unpaired) electrons. The number of aromatic nitrogens is 2. The zero-order valence-electron chi connectivity index (χ0n) is 9.31. The molecule has 1 aromatic carbocycles. The van der Waals surface area contributed by atoms with Gasteiger partial charge < -0.3 is 15.2 Å². The first-order valence-corrected chi connectivity index (χ1v) is 6.62. The number of nitrogens with zero attached hydrogens (tertiary/aromatic N) is 3. The van der Waals surface area contributed by atoms with Crippen molar-refractivity contribution in [2.24, 2.45) is 0 Å². The molecule has 5 heteroatoms. The molecule has 0 aliphatic carbocycles. The normalized spacial score (nSPS) is 14.8. The second kappa shape index (κ2) is 4.21. The van der Waals surface area contributed by atoms with Crippen LogP contribution in [0, 0.1) is 3.57 Å². The first-order valence-electron chi connectivity index (χ1n) is 5.54. The second-order valence-corrected chi connectivity index (χ2v) is 5.41. The highest BCUT2D eigenvalue weighted by Crippen LogP contribution is 2.27. The Morgan fingerprint density at radius 3 is 3.00 bits per heavy atom. The van der Waals surface area contributed by atoms with Crippen LogP contribution in [-0.4, -0.2) is 16.1 Å². The van der Waals surface area contributed by atoms with Crippen LogP contribution in [-0.2, 0) is 13.1 Å². The fourth-order valence-corrected chi connectivity index (χ4v) is 2.71. The summed E-state index contributed by atoms with van der Waals surface area (Å²) in [5, 5.41) is 0. The summed E-state index contributed by atoms with van der Waals surface area (Å²) >= 11 is 2.28. The van der Waals surface area contributed by atoms with Crippen LogP contribution in [0.5, 0.6) is 0 Å². The van der Waals surface area contributed by atoms with E-state index in [1.165, 1.54) is 3.57 Å². The summed E-state index contributed by atoms with van der Waals surface area (Å²) in [6.45, 7) is 2.78. The second-order valence-electron chi connectivity index (χ2n) is 4.16. The smallest absolute Gasteiger partial charge is 0.128 e. The van der Waals surface area contributed by atoms with Gasteiger partial charge in [-0.1, -0.05) is 0 Å². The molecule has 4 nitrogen and oxygen atoms in total. The van der Waals surface area contributed by atoms with E-state index in [1.54, 1.807) is 0 Å². The summed E-state index contributed by atoms with van der Waals surface area (Å²) in [6.07, 6.45) is 3.89. The highest BCUT2D eigenvalue weighted by atomic mass is 127. The number of hydrogen-bond acceptors (Lipinski definition) is 3. The molecule has 0 saturated carbocycles. The molecule has 17 heavy (non-hydrogen) atoms. The fraction of sp³-hybridized carbons (Fsp3) is 0.250. The van der Waals surface area contributed by atoms with Crippen LogP contribution in [0.15, 0.2) is 30.6 Å². The van der Waals surface area contributed by atoms with Crippen molar-refractivity contribution in [1.29, 1.82) is 0 Å². The lowest BCUT2D eigenvalue weighted by molar-refractivity contribution is 0.560. The lowest BCUT2D eigenvalue weighted by Crippen LogP contribution is -2.34. The highest BCUT2D eigenvalue weighted by molar-refractivity contribution is 14.1. The number of rotatable bonds is 1. The molecule has 0 unspecified atom stereocenters. The lowest BCUT2D eigenvalue weighted by atomic mass is 10.2. The van der Waals surface area contributed by atoms with Crippen LogP contribution in [0.3, 0.4) is 0 Å². The van der Waals surface area contributed by atoms with E-state index >= 15 is 0 Å². The largest absolute Gasteiger partial charge is 0.397 e. The molecular formula is C12H13IN4. The maximum Gasteiger partial charge on any atom is 0.128 e. The molecule has 88 valence electrons. The Bertz CT molecular complexity index is 549. The highest BCUT2D eigenvalue weighted by Gasteiger charge is 2.18. The summed E-state index contributed by atoms with van der Waals surface area (Å²) in [7, 11) is 0. The van der Waals surface area contributed by atoms with Crippen molar-refractivity contribution in [3.63, 3.8) is 0 Å². The van der Waals surface area contributed by atoms with Gasteiger partial charge >= 0.3 is 0 Å². The van der Waals surface area contributed by atoms with Crippen molar-refractivity contribution in [3.05, 3.63) is 40.0 Å². The lowest BCUT2D eigenvalue weighted by Gasteiger charge is -2.30. The average Bonchev–Trinajstić information content (AvgIpc) is 2.75. The minimum Gasteiger partial charge on any atom is -0.397 e. The van der Waals surface area contributed by atoms with Crippen LogP contribution >= 0.6 is 22.6 Å². The van der Waals surface area contributed by atoms with Gasteiger partial charge in [0.15, 0.2) is 0 Å². The Labute approximate surface area is 114 Å². The molecule has 2 heterocycles. The molecule has 3 rings (SSSR count). The standard InChI is InChI=1S/C12H13IN4/c13-9-1-2-11(10(14)7-9)17-6-5-16-4-3-15-12(16)8-17/h1-4,7H,5-6,8,14H2. The van der Waals surface area contributed by atoms with E-state index in [4.69, 9.17) is 5.73 Å². The number of nitrogens with two attached hydrogens (primary N) is 1. The van der Waals surface area contributed by atoms with E-state index in [0.717, 1.165) is 36.8 Å².